The van der Waals surface area contributed by atoms with Gasteiger partial charge in [-0.25, -0.2) is 0 Å². The number of carbonyl (C=O) groups is 1. The van der Waals surface area contributed by atoms with E-state index in [0.29, 0.717) is 5.76 Å². The molecule has 2 nitrogen and oxygen atoms in total. The molecule has 1 heterocycles. The van der Waals surface area contributed by atoms with E-state index in [1.165, 1.54) is 24.8 Å². The van der Waals surface area contributed by atoms with Crippen molar-refractivity contribution in [1.29, 1.82) is 0 Å². The van der Waals surface area contributed by atoms with E-state index in [-0.39, 0.29) is 0 Å². The molecule has 1 aliphatic rings. The third-order valence-corrected chi connectivity index (χ3v) is 3.51. The Balaban J connectivity index is 1.85. The number of hydrogen-bond acceptors (Lipinski definition) is 2. The van der Waals surface area contributed by atoms with Gasteiger partial charge in [0.05, 0.1) is 0 Å². The van der Waals surface area contributed by atoms with E-state index in [4.69, 9.17) is 4.42 Å². The van der Waals surface area contributed by atoms with Crippen molar-refractivity contribution in [3.05, 3.63) is 47.7 Å². The number of aldehydes is 1. The van der Waals surface area contributed by atoms with Gasteiger partial charge in [0.1, 0.15) is 5.76 Å². The summed E-state index contributed by atoms with van der Waals surface area (Å²) in [7, 11) is 0. The molecule has 3 rings (SSSR count). The van der Waals surface area contributed by atoms with Gasteiger partial charge in [0, 0.05) is 5.56 Å². The Labute approximate surface area is 100 Å². The third kappa shape index (κ3) is 1.91. The first kappa shape index (κ1) is 10.3. The molecular weight excluding hydrogens is 212 g/mol. The Morgan fingerprint density at radius 2 is 1.82 bits per heavy atom. The lowest BCUT2D eigenvalue weighted by Gasteiger charge is -2.25. The van der Waals surface area contributed by atoms with E-state index in [9.17, 15) is 4.79 Å². The normalized spacial score (nSPS) is 15.5. The molecule has 0 N–H and O–H groups in total. The Hall–Kier alpha value is -1.83. The average molecular weight is 226 g/mol. The van der Waals surface area contributed by atoms with Crippen LogP contribution in [0.1, 0.15) is 41.3 Å². The first-order valence-corrected chi connectivity index (χ1v) is 6.02. The van der Waals surface area contributed by atoms with Gasteiger partial charge in [0.25, 0.3) is 0 Å². The minimum Gasteiger partial charge on any atom is -0.453 e. The predicted molar refractivity (Wildman–Crippen MR) is 66.1 cm³/mol. The van der Waals surface area contributed by atoms with Crippen LogP contribution in [0.2, 0.25) is 0 Å². The second-order valence-corrected chi connectivity index (χ2v) is 4.57. The Morgan fingerprint density at radius 3 is 2.35 bits per heavy atom. The van der Waals surface area contributed by atoms with Crippen LogP contribution in [0.15, 0.2) is 40.8 Å². The van der Waals surface area contributed by atoms with Crippen molar-refractivity contribution >= 4 is 6.29 Å². The first-order valence-electron chi connectivity index (χ1n) is 6.02. The fourth-order valence-corrected chi connectivity index (χ4v) is 2.23. The maximum atomic E-state index is 10.5. The largest absolute Gasteiger partial charge is 0.453 e. The molecule has 0 atom stereocenters. The summed E-state index contributed by atoms with van der Waals surface area (Å²) in [5.41, 5.74) is 2.45. The fraction of sp³-hybridized carbons (Fsp3) is 0.267. The van der Waals surface area contributed by atoms with Gasteiger partial charge in [0.15, 0.2) is 12.0 Å². The summed E-state index contributed by atoms with van der Waals surface area (Å²) in [5, 5.41) is 0. The zero-order valence-electron chi connectivity index (χ0n) is 9.56. The lowest BCUT2D eigenvalue weighted by molar-refractivity contribution is 0.110. The van der Waals surface area contributed by atoms with Crippen molar-refractivity contribution in [3.8, 4) is 11.3 Å². The maximum Gasteiger partial charge on any atom is 0.185 e. The minimum atomic E-state index is 0.378. The summed E-state index contributed by atoms with van der Waals surface area (Å²) < 4.78 is 5.39. The molecular formula is C15H14O2. The number of benzene rings is 1. The van der Waals surface area contributed by atoms with E-state index < -0.39 is 0 Å². The molecule has 1 aromatic carbocycles. The van der Waals surface area contributed by atoms with Crippen molar-refractivity contribution in [1.82, 2.24) is 0 Å². The first-order chi connectivity index (χ1) is 8.36. The van der Waals surface area contributed by atoms with Gasteiger partial charge in [0.2, 0.25) is 0 Å². The van der Waals surface area contributed by atoms with Gasteiger partial charge in [-0.05, 0) is 36.5 Å². The molecule has 1 fully saturated rings. The van der Waals surface area contributed by atoms with Crippen LogP contribution in [0.25, 0.3) is 11.3 Å². The molecule has 0 aliphatic heterocycles. The molecule has 0 amide bonds. The summed E-state index contributed by atoms with van der Waals surface area (Å²) in [6, 6.07) is 12.0. The lowest BCUT2D eigenvalue weighted by Crippen LogP contribution is -2.08. The Kier molecular flexibility index (Phi) is 2.56. The molecule has 0 radical (unpaired) electrons. The topological polar surface area (TPSA) is 30.2 Å². The number of carbonyl (C=O) groups excluding carboxylic acids is 1. The minimum absolute atomic E-state index is 0.378. The van der Waals surface area contributed by atoms with Crippen LogP contribution in [0, 0.1) is 0 Å². The predicted octanol–water partition coefficient (Wildman–Crippen LogP) is 4.03. The SMILES string of the molecule is O=Cc1ccc(-c2ccc(C3CCC3)cc2)o1. The van der Waals surface area contributed by atoms with Crippen LogP contribution in [0.5, 0.6) is 0 Å². The van der Waals surface area contributed by atoms with E-state index in [1.54, 1.807) is 6.07 Å². The van der Waals surface area contributed by atoms with Crippen molar-refractivity contribution in [2.75, 3.05) is 0 Å². The van der Waals surface area contributed by atoms with Gasteiger partial charge >= 0.3 is 0 Å². The van der Waals surface area contributed by atoms with E-state index in [0.717, 1.165) is 23.5 Å². The second-order valence-electron chi connectivity index (χ2n) is 4.57. The second kappa shape index (κ2) is 4.21. The highest BCUT2D eigenvalue weighted by molar-refractivity contribution is 5.72. The highest BCUT2D eigenvalue weighted by Crippen LogP contribution is 2.36. The van der Waals surface area contributed by atoms with Gasteiger partial charge in [-0.3, -0.25) is 4.79 Å². The van der Waals surface area contributed by atoms with Crippen LogP contribution in [0.3, 0.4) is 0 Å². The standard InChI is InChI=1S/C15H14O2/c16-10-14-8-9-15(17-14)13-6-4-12(5-7-13)11-2-1-3-11/h4-11H,1-3H2. The lowest BCUT2D eigenvalue weighted by atomic mass is 9.80. The quantitative estimate of drug-likeness (QED) is 0.740. The smallest absolute Gasteiger partial charge is 0.185 e. The molecule has 1 saturated carbocycles. The highest BCUT2D eigenvalue weighted by Gasteiger charge is 2.19. The number of rotatable bonds is 3. The molecule has 86 valence electrons. The monoisotopic (exact) mass is 226 g/mol. The summed E-state index contributed by atoms with van der Waals surface area (Å²) >= 11 is 0. The summed E-state index contributed by atoms with van der Waals surface area (Å²) in [4.78, 5) is 10.5. The summed E-state index contributed by atoms with van der Waals surface area (Å²) in [6.07, 6.45) is 4.71. The highest BCUT2D eigenvalue weighted by atomic mass is 16.3. The van der Waals surface area contributed by atoms with Crippen LogP contribution in [-0.4, -0.2) is 6.29 Å². The zero-order chi connectivity index (χ0) is 11.7. The number of furan rings is 1. The molecule has 17 heavy (non-hydrogen) atoms. The molecule has 1 aliphatic carbocycles. The fourth-order valence-electron chi connectivity index (χ4n) is 2.23. The van der Waals surface area contributed by atoms with Crippen molar-refractivity contribution in [2.45, 2.75) is 25.2 Å². The molecule has 0 bridgehead atoms. The molecule has 0 saturated heterocycles. The molecule has 2 aromatic rings. The zero-order valence-corrected chi connectivity index (χ0v) is 9.56. The van der Waals surface area contributed by atoms with E-state index in [1.807, 2.05) is 6.07 Å². The van der Waals surface area contributed by atoms with E-state index in [2.05, 4.69) is 24.3 Å². The Morgan fingerprint density at radius 1 is 1.06 bits per heavy atom. The summed E-state index contributed by atoms with van der Waals surface area (Å²) in [6.45, 7) is 0. The van der Waals surface area contributed by atoms with Crippen molar-refractivity contribution in [2.24, 2.45) is 0 Å². The van der Waals surface area contributed by atoms with E-state index >= 15 is 0 Å². The van der Waals surface area contributed by atoms with Crippen molar-refractivity contribution < 1.29 is 9.21 Å². The molecule has 0 unspecified atom stereocenters. The molecule has 2 heteroatoms. The van der Waals surface area contributed by atoms with Crippen LogP contribution < -0.4 is 0 Å². The van der Waals surface area contributed by atoms with Crippen LogP contribution in [-0.2, 0) is 0 Å². The van der Waals surface area contributed by atoms with Crippen LogP contribution >= 0.6 is 0 Å². The third-order valence-electron chi connectivity index (χ3n) is 3.51. The van der Waals surface area contributed by atoms with Gasteiger partial charge in [-0.15, -0.1) is 0 Å². The van der Waals surface area contributed by atoms with Gasteiger partial charge in [-0.2, -0.15) is 0 Å². The maximum absolute atomic E-state index is 10.5. The van der Waals surface area contributed by atoms with Gasteiger partial charge in [-0.1, -0.05) is 30.7 Å². The Bertz CT molecular complexity index is 518. The molecule has 1 aromatic heterocycles. The number of hydrogen-bond donors (Lipinski definition) is 0. The van der Waals surface area contributed by atoms with Crippen molar-refractivity contribution in [3.63, 3.8) is 0 Å². The molecule has 0 spiro atoms. The average Bonchev–Trinajstić information content (AvgIpc) is 2.76. The van der Waals surface area contributed by atoms with Gasteiger partial charge < -0.3 is 4.42 Å². The summed E-state index contributed by atoms with van der Waals surface area (Å²) in [5.74, 6) is 1.89. The van der Waals surface area contributed by atoms with Crippen LogP contribution in [0.4, 0.5) is 0 Å².